The summed E-state index contributed by atoms with van der Waals surface area (Å²) < 4.78 is 5.01. The second kappa shape index (κ2) is 4.63. The molecular weight excluding hydrogens is 226 g/mol. The minimum absolute atomic E-state index is 0.374. The van der Waals surface area contributed by atoms with Crippen LogP contribution in [0.3, 0.4) is 0 Å². The molecular formula is C11H12ClN3O. The van der Waals surface area contributed by atoms with Crippen LogP contribution in [0.25, 0.3) is 0 Å². The summed E-state index contributed by atoms with van der Waals surface area (Å²) in [7, 11) is 0. The van der Waals surface area contributed by atoms with Crippen LogP contribution >= 0.6 is 11.6 Å². The second-order valence-electron chi connectivity index (χ2n) is 3.43. The molecule has 0 fully saturated rings. The summed E-state index contributed by atoms with van der Waals surface area (Å²) in [4.78, 5) is 4.19. The van der Waals surface area contributed by atoms with E-state index in [4.69, 9.17) is 21.9 Å². The van der Waals surface area contributed by atoms with Crippen LogP contribution in [0.4, 0.5) is 0 Å². The first kappa shape index (κ1) is 11.1. The molecule has 84 valence electrons. The molecule has 0 saturated carbocycles. The van der Waals surface area contributed by atoms with Gasteiger partial charge in [-0.05, 0) is 17.7 Å². The highest BCUT2D eigenvalue weighted by atomic mass is 35.5. The Hall–Kier alpha value is -1.39. The van der Waals surface area contributed by atoms with Gasteiger partial charge in [-0.1, -0.05) is 35.8 Å². The van der Waals surface area contributed by atoms with Crippen molar-refractivity contribution < 1.29 is 4.52 Å². The lowest BCUT2D eigenvalue weighted by Crippen LogP contribution is -2.13. The molecule has 1 aromatic heterocycles. The van der Waals surface area contributed by atoms with Crippen LogP contribution in [0, 0.1) is 0 Å². The quantitative estimate of drug-likeness (QED) is 0.890. The average molecular weight is 238 g/mol. The fourth-order valence-electron chi connectivity index (χ4n) is 1.36. The molecule has 0 bridgehead atoms. The molecule has 0 amide bonds. The Kier molecular flexibility index (Phi) is 3.22. The van der Waals surface area contributed by atoms with Crippen LogP contribution in [-0.2, 0) is 6.42 Å². The molecule has 2 rings (SSSR count). The smallest absolute Gasteiger partial charge is 0.226 e. The van der Waals surface area contributed by atoms with Crippen LogP contribution in [0.1, 0.15) is 30.2 Å². The van der Waals surface area contributed by atoms with E-state index in [0.717, 1.165) is 5.56 Å². The topological polar surface area (TPSA) is 64.9 Å². The summed E-state index contributed by atoms with van der Waals surface area (Å²) in [5.74, 6) is 1.10. The van der Waals surface area contributed by atoms with Gasteiger partial charge in [0.15, 0.2) is 5.82 Å². The zero-order valence-corrected chi connectivity index (χ0v) is 9.61. The molecule has 1 heterocycles. The van der Waals surface area contributed by atoms with E-state index in [2.05, 4.69) is 10.1 Å². The van der Waals surface area contributed by atoms with E-state index < -0.39 is 0 Å². The lowest BCUT2D eigenvalue weighted by Gasteiger charge is -2.06. The third-order valence-corrected chi connectivity index (χ3v) is 2.55. The van der Waals surface area contributed by atoms with Gasteiger partial charge in [-0.3, -0.25) is 0 Å². The molecule has 2 aromatic rings. The maximum Gasteiger partial charge on any atom is 0.226 e. The maximum absolute atomic E-state index is 6.01. The van der Waals surface area contributed by atoms with Crippen molar-refractivity contribution in [1.82, 2.24) is 10.1 Å². The second-order valence-corrected chi connectivity index (χ2v) is 3.87. The van der Waals surface area contributed by atoms with E-state index in [9.17, 15) is 0 Å². The van der Waals surface area contributed by atoms with E-state index in [-0.39, 0.29) is 6.04 Å². The number of hydrogen-bond acceptors (Lipinski definition) is 4. The summed E-state index contributed by atoms with van der Waals surface area (Å²) in [5.41, 5.74) is 6.92. The zero-order chi connectivity index (χ0) is 11.5. The Labute approximate surface area is 98.4 Å². The molecule has 16 heavy (non-hydrogen) atoms. The Balaban J connectivity index is 2.24. The van der Waals surface area contributed by atoms with E-state index in [0.29, 0.717) is 23.2 Å². The molecule has 2 N–H and O–H groups in total. The van der Waals surface area contributed by atoms with Crippen LogP contribution in [-0.4, -0.2) is 10.1 Å². The fraction of sp³-hybridized carbons (Fsp3) is 0.273. The number of aryl methyl sites for hydroxylation is 1. The van der Waals surface area contributed by atoms with Gasteiger partial charge in [0.1, 0.15) is 0 Å². The van der Waals surface area contributed by atoms with Crippen LogP contribution in [0.2, 0.25) is 5.02 Å². The lowest BCUT2D eigenvalue weighted by atomic mass is 10.1. The van der Waals surface area contributed by atoms with Crippen LogP contribution < -0.4 is 5.73 Å². The summed E-state index contributed by atoms with van der Waals surface area (Å²) in [5, 5.41) is 4.52. The number of aromatic nitrogens is 2. The van der Waals surface area contributed by atoms with Gasteiger partial charge in [0.2, 0.25) is 5.89 Å². The molecule has 0 aliphatic heterocycles. The number of benzene rings is 1. The minimum Gasteiger partial charge on any atom is -0.339 e. The van der Waals surface area contributed by atoms with Gasteiger partial charge in [-0.2, -0.15) is 4.98 Å². The highest BCUT2D eigenvalue weighted by molar-refractivity contribution is 6.30. The summed E-state index contributed by atoms with van der Waals surface area (Å²) >= 11 is 5.80. The molecule has 1 unspecified atom stereocenters. The van der Waals surface area contributed by atoms with Gasteiger partial charge in [0.05, 0.1) is 6.04 Å². The molecule has 5 heteroatoms. The normalized spacial score (nSPS) is 12.7. The number of hydrogen-bond donors (Lipinski definition) is 1. The van der Waals surface area contributed by atoms with E-state index in [1.807, 2.05) is 19.1 Å². The first-order valence-electron chi connectivity index (χ1n) is 5.04. The molecule has 0 aliphatic carbocycles. The predicted octanol–water partition coefficient (Wildman–Crippen LogP) is 2.33. The van der Waals surface area contributed by atoms with Gasteiger partial charge in [-0.15, -0.1) is 0 Å². The minimum atomic E-state index is -0.374. The molecule has 4 nitrogen and oxygen atoms in total. The molecule has 1 atom stereocenters. The predicted molar refractivity (Wildman–Crippen MR) is 61.2 cm³/mol. The van der Waals surface area contributed by atoms with Crippen molar-refractivity contribution in [2.24, 2.45) is 5.73 Å². The Bertz CT molecular complexity index is 466. The highest BCUT2D eigenvalue weighted by Gasteiger charge is 2.15. The van der Waals surface area contributed by atoms with E-state index in [1.54, 1.807) is 12.1 Å². The van der Waals surface area contributed by atoms with Crippen molar-refractivity contribution in [3.05, 3.63) is 46.6 Å². The molecule has 0 radical (unpaired) electrons. The largest absolute Gasteiger partial charge is 0.339 e. The van der Waals surface area contributed by atoms with Crippen LogP contribution in [0.15, 0.2) is 28.8 Å². The van der Waals surface area contributed by atoms with Gasteiger partial charge in [0.25, 0.3) is 0 Å². The van der Waals surface area contributed by atoms with E-state index >= 15 is 0 Å². The Morgan fingerprint density at radius 2 is 2.06 bits per heavy atom. The monoisotopic (exact) mass is 237 g/mol. The molecule has 0 spiro atoms. The summed E-state index contributed by atoms with van der Waals surface area (Å²) in [6, 6.07) is 6.92. The van der Waals surface area contributed by atoms with Crippen molar-refractivity contribution in [2.75, 3.05) is 0 Å². The number of halogens is 1. The van der Waals surface area contributed by atoms with Crippen LogP contribution in [0.5, 0.6) is 0 Å². The fourth-order valence-corrected chi connectivity index (χ4v) is 1.48. The summed E-state index contributed by atoms with van der Waals surface area (Å²) in [6.45, 7) is 1.95. The first-order chi connectivity index (χ1) is 7.70. The molecule has 0 aliphatic rings. The van der Waals surface area contributed by atoms with Gasteiger partial charge < -0.3 is 10.3 Å². The van der Waals surface area contributed by atoms with Crippen molar-refractivity contribution >= 4 is 11.6 Å². The zero-order valence-electron chi connectivity index (χ0n) is 8.85. The van der Waals surface area contributed by atoms with Crippen molar-refractivity contribution in [3.63, 3.8) is 0 Å². The SMILES string of the molecule is CCc1nc(C(N)c2ccc(Cl)cc2)no1. The van der Waals surface area contributed by atoms with E-state index in [1.165, 1.54) is 0 Å². The third-order valence-electron chi connectivity index (χ3n) is 2.29. The Morgan fingerprint density at radius 3 is 2.62 bits per heavy atom. The number of nitrogens with zero attached hydrogens (tertiary/aromatic N) is 2. The first-order valence-corrected chi connectivity index (χ1v) is 5.42. The number of rotatable bonds is 3. The highest BCUT2D eigenvalue weighted by Crippen LogP contribution is 2.19. The average Bonchev–Trinajstić information content (AvgIpc) is 2.77. The Morgan fingerprint density at radius 1 is 1.38 bits per heavy atom. The van der Waals surface area contributed by atoms with Gasteiger partial charge >= 0.3 is 0 Å². The summed E-state index contributed by atoms with van der Waals surface area (Å²) in [6.07, 6.45) is 0.709. The maximum atomic E-state index is 6.01. The number of nitrogens with two attached hydrogens (primary N) is 1. The van der Waals surface area contributed by atoms with Crippen molar-refractivity contribution in [2.45, 2.75) is 19.4 Å². The lowest BCUT2D eigenvalue weighted by molar-refractivity contribution is 0.375. The molecule has 1 aromatic carbocycles. The molecule has 0 saturated heterocycles. The van der Waals surface area contributed by atoms with Gasteiger partial charge in [0, 0.05) is 11.4 Å². The third kappa shape index (κ3) is 2.23. The van der Waals surface area contributed by atoms with Crippen molar-refractivity contribution in [1.29, 1.82) is 0 Å². The van der Waals surface area contributed by atoms with Gasteiger partial charge in [-0.25, -0.2) is 0 Å². The van der Waals surface area contributed by atoms with Crippen molar-refractivity contribution in [3.8, 4) is 0 Å². The standard InChI is InChI=1S/C11H12ClN3O/c1-2-9-14-11(15-16-9)10(13)7-3-5-8(12)6-4-7/h3-6,10H,2,13H2,1H3.